The van der Waals surface area contributed by atoms with E-state index in [0.717, 1.165) is 16.7 Å². The highest BCUT2D eigenvalue weighted by molar-refractivity contribution is 5.87. The minimum absolute atomic E-state index is 0.205. The maximum absolute atomic E-state index is 13.4. The molecule has 0 amide bonds. The van der Waals surface area contributed by atoms with Crippen LogP contribution < -0.4 is 11.2 Å². The quantitative estimate of drug-likeness (QED) is 0.860. The first-order chi connectivity index (χ1) is 9.38. The fourth-order valence-corrected chi connectivity index (χ4v) is 1.63. The number of carboxylic acid groups (broad SMARTS) is 1. The number of aromatic amines is 1. The van der Waals surface area contributed by atoms with Crippen molar-refractivity contribution in [3.63, 3.8) is 0 Å². The van der Waals surface area contributed by atoms with Gasteiger partial charge in [-0.1, -0.05) is 6.07 Å². The second kappa shape index (κ2) is 5.08. The van der Waals surface area contributed by atoms with Crippen LogP contribution in [0.25, 0.3) is 0 Å². The highest BCUT2D eigenvalue weighted by Crippen LogP contribution is 2.11. The average Bonchev–Trinajstić information content (AvgIpc) is 2.35. The summed E-state index contributed by atoms with van der Waals surface area (Å²) in [6.07, 6.45) is 0.699. The molecule has 0 saturated heterocycles. The molecular weight excluding hydrogens is 274 g/mol. The fraction of sp³-hybridized carbons (Fsp3) is 0.0833. The molecule has 1 aromatic carbocycles. The lowest BCUT2D eigenvalue weighted by atomic mass is 10.1. The van der Waals surface area contributed by atoms with Crippen LogP contribution in [0.15, 0.2) is 34.0 Å². The summed E-state index contributed by atoms with van der Waals surface area (Å²) in [7, 11) is 0. The minimum Gasteiger partial charge on any atom is -0.478 e. The smallest absolute Gasteiger partial charge is 0.338 e. The van der Waals surface area contributed by atoms with Crippen molar-refractivity contribution in [1.29, 1.82) is 0 Å². The molecule has 2 N–H and O–H groups in total. The normalized spacial score (nSPS) is 10.5. The van der Waals surface area contributed by atoms with Crippen molar-refractivity contribution in [3.05, 3.63) is 68.0 Å². The third kappa shape index (κ3) is 2.63. The Morgan fingerprint density at radius 2 is 1.95 bits per heavy atom. The third-order valence-electron chi connectivity index (χ3n) is 2.58. The predicted octanol–water partition coefficient (Wildman–Crippen LogP) is 0.561. The molecule has 0 radical (unpaired) electrons. The lowest BCUT2D eigenvalue weighted by Crippen LogP contribution is -2.31. The first-order valence-corrected chi connectivity index (χ1v) is 5.39. The minimum atomic E-state index is -1.42. The molecule has 0 saturated carbocycles. The Balaban J connectivity index is 2.38. The Morgan fingerprint density at radius 1 is 1.25 bits per heavy atom. The first-order valence-electron chi connectivity index (χ1n) is 5.39. The largest absolute Gasteiger partial charge is 0.478 e. The predicted molar refractivity (Wildman–Crippen MR) is 63.7 cm³/mol. The molecule has 0 aliphatic carbocycles. The van der Waals surface area contributed by atoms with Gasteiger partial charge in [0, 0.05) is 0 Å². The number of carboxylic acids is 1. The van der Waals surface area contributed by atoms with Gasteiger partial charge in [0.25, 0.3) is 5.56 Å². The van der Waals surface area contributed by atoms with Gasteiger partial charge in [0.05, 0.1) is 18.3 Å². The number of halogens is 2. The monoisotopic (exact) mass is 282 g/mol. The van der Waals surface area contributed by atoms with Gasteiger partial charge in [-0.05, 0) is 17.7 Å². The van der Waals surface area contributed by atoms with Crippen LogP contribution in [-0.2, 0) is 6.54 Å². The summed E-state index contributed by atoms with van der Waals surface area (Å²) >= 11 is 0. The molecule has 0 bridgehead atoms. The zero-order valence-electron chi connectivity index (χ0n) is 9.89. The number of carbonyl (C=O) groups is 1. The number of nitrogens with one attached hydrogen (secondary N) is 1. The van der Waals surface area contributed by atoms with Gasteiger partial charge < -0.3 is 5.11 Å². The fourth-order valence-electron chi connectivity index (χ4n) is 1.63. The van der Waals surface area contributed by atoms with E-state index in [2.05, 4.69) is 0 Å². The molecule has 1 aromatic heterocycles. The van der Waals surface area contributed by atoms with Crippen LogP contribution in [0.5, 0.6) is 0 Å². The van der Waals surface area contributed by atoms with Crippen molar-refractivity contribution < 1.29 is 18.7 Å². The third-order valence-corrected chi connectivity index (χ3v) is 2.58. The lowest BCUT2D eigenvalue weighted by Gasteiger charge is -2.06. The van der Waals surface area contributed by atoms with Crippen molar-refractivity contribution in [2.24, 2.45) is 0 Å². The Kier molecular flexibility index (Phi) is 3.47. The van der Waals surface area contributed by atoms with Crippen molar-refractivity contribution >= 4 is 5.97 Å². The second-order valence-corrected chi connectivity index (χ2v) is 3.98. The molecule has 0 aliphatic rings. The molecule has 20 heavy (non-hydrogen) atoms. The van der Waals surface area contributed by atoms with E-state index < -0.39 is 34.4 Å². The molecular formula is C12H8F2N2O4. The number of rotatable bonds is 3. The van der Waals surface area contributed by atoms with E-state index in [4.69, 9.17) is 5.11 Å². The van der Waals surface area contributed by atoms with E-state index in [1.807, 2.05) is 0 Å². The van der Waals surface area contributed by atoms with Gasteiger partial charge in [-0.15, -0.1) is 0 Å². The Labute approximate surface area is 109 Å². The lowest BCUT2D eigenvalue weighted by molar-refractivity contribution is 0.0692. The van der Waals surface area contributed by atoms with Gasteiger partial charge in [-0.25, -0.2) is 14.0 Å². The van der Waals surface area contributed by atoms with Crippen LogP contribution in [0, 0.1) is 11.6 Å². The zero-order valence-corrected chi connectivity index (χ0v) is 9.89. The SMILES string of the molecule is O=C(O)c1ccc(Cn2cc(F)c(=O)[nH]c2=O)cc1F. The molecule has 2 rings (SSSR count). The average molecular weight is 282 g/mol. The highest BCUT2D eigenvalue weighted by atomic mass is 19.1. The molecule has 8 heteroatoms. The van der Waals surface area contributed by atoms with Crippen molar-refractivity contribution in [1.82, 2.24) is 9.55 Å². The maximum Gasteiger partial charge on any atom is 0.338 e. The number of nitrogens with zero attached hydrogens (tertiary/aromatic N) is 1. The maximum atomic E-state index is 13.4. The zero-order chi connectivity index (χ0) is 14.9. The Hall–Kier alpha value is -2.77. The van der Waals surface area contributed by atoms with E-state index in [-0.39, 0.29) is 12.1 Å². The second-order valence-electron chi connectivity index (χ2n) is 3.98. The number of benzene rings is 1. The van der Waals surface area contributed by atoms with E-state index in [1.165, 1.54) is 6.07 Å². The molecule has 0 unspecified atom stereocenters. The van der Waals surface area contributed by atoms with Crippen molar-refractivity contribution in [2.75, 3.05) is 0 Å². The van der Waals surface area contributed by atoms with E-state index >= 15 is 0 Å². The molecule has 2 aromatic rings. The molecule has 0 spiro atoms. The van der Waals surface area contributed by atoms with Crippen LogP contribution in [0.3, 0.4) is 0 Å². The highest BCUT2D eigenvalue weighted by Gasteiger charge is 2.11. The van der Waals surface area contributed by atoms with Crippen LogP contribution in [0.4, 0.5) is 8.78 Å². The molecule has 0 aliphatic heterocycles. The number of H-pyrrole nitrogens is 1. The molecule has 6 nitrogen and oxygen atoms in total. The number of aromatic carboxylic acids is 1. The van der Waals surface area contributed by atoms with Crippen LogP contribution >= 0.6 is 0 Å². The summed E-state index contributed by atoms with van der Waals surface area (Å²) in [6.45, 7) is -0.205. The van der Waals surface area contributed by atoms with Crippen LogP contribution in [0.1, 0.15) is 15.9 Å². The van der Waals surface area contributed by atoms with Crippen LogP contribution in [-0.4, -0.2) is 20.6 Å². The van der Waals surface area contributed by atoms with E-state index in [1.54, 1.807) is 4.98 Å². The topological polar surface area (TPSA) is 92.2 Å². The van der Waals surface area contributed by atoms with Crippen molar-refractivity contribution in [2.45, 2.75) is 6.54 Å². The molecule has 0 atom stereocenters. The van der Waals surface area contributed by atoms with Gasteiger partial charge in [0.2, 0.25) is 5.82 Å². The van der Waals surface area contributed by atoms with Gasteiger partial charge >= 0.3 is 11.7 Å². The summed E-state index contributed by atoms with van der Waals surface area (Å²) < 4.78 is 27.3. The summed E-state index contributed by atoms with van der Waals surface area (Å²) in [5.41, 5.74) is -2.24. The van der Waals surface area contributed by atoms with Gasteiger partial charge in [-0.3, -0.25) is 14.3 Å². The van der Waals surface area contributed by atoms with Gasteiger partial charge in [-0.2, -0.15) is 4.39 Å². The van der Waals surface area contributed by atoms with Gasteiger partial charge in [0.1, 0.15) is 5.82 Å². The van der Waals surface area contributed by atoms with Crippen molar-refractivity contribution in [3.8, 4) is 0 Å². The standard InChI is InChI=1S/C12H8F2N2O4/c13-8-3-6(1-2-7(8)11(18)19)4-16-5-9(14)10(17)15-12(16)20/h1-3,5H,4H2,(H,18,19)(H,15,17,20). The number of hydrogen-bond acceptors (Lipinski definition) is 3. The van der Waals surface area contributed by atoms with E-state index in [0.29, 0.717) is 6.20 Å². The van der Waals surface area contributed by atoms with Gasteiger partial charge in [0.15, 0.2) is 0 Å². The molecule has 1 heterocycles. The summed E-state index contributed by atoms with van der Waals surface area (Å²) in [5, 5.41) is 8.67. The van der Waals surface area contributed by atoms with Crippen LogP contribution in [0.2, 0.25) is 0 Å². The Morgan fingerprint density at radius 3 is 2.55 bits per heavy atom. The number of aromatic nitrogens is 2. The molecule has 104 valence electrons. The summed E-state index contributed by atoms with van der Waals surface area (Å²) in [5.74, 6) is -3.53. The Bertz CT molecular complexity index is 795. The van der Waals surface area contributed by atoms with E-state index in [9.17, 15) is 23.2 Å². The molecule has 0 fully saturated rings. The summed E-state index contributed by atoms with van der Waals surface area (Å²) in [4.78, 5) is 34.7. The number of hydrogen-bond donors (Lipinski definition) is 2. The summed E-state index contributed by atoms with van der Waals surface area (Å²) in [6, 6.07) is 3.26. The first kappa shape index (κ1) is 13.7.